The zero-order valence-corrected chi connectivity index (χ0v) is 23.4. The minimum absolute atomic E-state index is 0.132. The average Bonchev–Trinajstić information content (AvgIpc) is 3.22. The van der Waals surface area contributed by atoms with Gasteiger partial charge in [-0.3, -0.25) is 24.6 Å². The van der Waals surface area contributed by atoms with E-state index in [-0.39, 0.29) is 30.2 Å². The van der Waals surface area contributed by atoms with Gasteiger partial charge in [-0.2, -0.15) is 0 Å². The van der Waals surface area contributed by atoms with Crippen LogP contribution < -0.4 is 10.2 Å². The number of amides is 4. The summed E-state index contributed by atoms with van der Waals surface area (Å²) in [5.41, 5.74) is 2.26. The fraction of sp³-hybridized carbons (Fsp3) is 0.655. The predicted octanol–water partition coefficient (Wildman–Crippen LogP) is 2.61. The molecule has 1 aromatic rings. The molecule has 4 amide bonds. The number of anilines is 1. The number of piperidine rings is 2. The van der Waals surface area contributed by atoms with Gasteiger partial charge in [0.25, 0.3) is 5.91 Å². The minimum atomic E-state index is -0.584. The van der Waals surface area contributed by atoms with Crippen LogP contribution in [0.25, 0.3) is 0 Å². The zero-order chi connectivity index (χ0) is 27.7. The summed E-state index contributed by atoms with van der Waals surface area (Å²) < 4.78 is 5.51. The van der Waals surface area contributed by atoms with Gasteiger partial charge in [-0.1, -0.05) is 0 Å². The molecule has 5 rings (SSSR count). The third kappa shape index (κ3) is 6.37. The van der Waals surface area contributed by atoms with Crippen molar-refractivity contribution in [3.63, 3.8) is 0 Å². The highest BCUT2D eigenvalue weighted by Crippen LogP contribution is 2.31. The topological polar surface area (TPSA) is 102 Å². The molecule has 10 heteroatoms. The van der Waals surface area contributed by atoms with E-state index in [0.717, 1.165) is 76.3 Å². The first kappa shape index (κ1) is 27.4. The van der Waals surface area contributed by atoms with Gasteiger partial charge in [-0.25, -0.2) is 4.79 Å². The fourth-order valence-electron chi connectivity index (χ4n) is 6.08. The maximum atomic E-state index is 13.0. The van der Waals surface area contributed by atoms with Crippen molar-refractivity contribution < 1.29 is 23.9 Å². The molecular weight excluding hydrogens is 498 g/mol. The summed E-state index contributed by atoms with van der Waals surface area (Å²) in [5, 5.41) is 2.36. The molecule has 212 valence electrons. The molecule has 1 N–H and O–H groups in total. The first-order valence-corrected chi connectivity index (χ1v) is 14.3. The monoisotopic (exact) mass is 539 g/mol. The molecule has 0 aliphatic carbocycles. The molecule has 0 radical (unpaired) electrons. The first-order valence-electron chi connectivity index (χ1n) is 14.3. The maximum absolute atomic E-state index is 13.0. The minimum Gasteiger partial charge on any atom is -0.444 e. The molecule has 0 spiro atoms. The van der Waals surface area contributed by atoms with Gasteiger partial charge in [0.05, 0.1) is 0 Å². The highest BCUT2D eigenvalue weighted by Gasteiger charge is 2.39. The Hall–Kier alpha value is -3.14. The molecule has 4 heterocycles. The molecule has 4 aliphatic rings. The van der Waals surface area contributed by atoms with E-state index >= 15 is 0 Å². The van der Waals surface area contributed by atoms with Crippen molar-refractivity contribution in [1.29, 1.82) is 0 Å². The molecule has 3 saturated heterocycles. The second kappa shape index (κ2) is 11.2. The van der Waals surface area contributed by atoms with Gasteiger partial charge >= 0.3 is 6.09 Å². The molecule has 10 nitrogen and oxygen atoms in total. The van der Waals surface area contributed by atoms with E-state index < -0.39 is 11.6 Å². The van der Waals surface area contributed by atoms with E-state index in [0.29, 0.717) is 24.4 Å². The molecule has 0 bridgehead atoms. The van der Waals surface area contributed by atoms with Crippen molar-refractivity contribution in [2.75, 3.05) is 50.7 Å². The number of piperazine rings is 1. The standard InChI is InChI=1S/C29H41N5O5/c1-29(2,3)39-28(38)33-12-9-20(10-13-33)8-11-31-14-16-32(17-15-31)22-4-5-23-21(18-22)19-34(27(23)37)24-6-7-25(35)30-26(24)36/h4-5,18,20,24H,6-17,19H2,1-3H3,(H,30,35,36). The molecule has 1 atom stereocenters. The van der Waals surface area contributed by atoms with Gasteiger partial charge in [0.15, 0.2) is 0 Å². The Labute approximate surface area is 230 Å². The number of hydrogen-bond donors (Lipinski definition) is 1. The van der Waals surface area contributed by atoms with Crippen LogP contribution in [0.3, 0.4) is 0 Å². The number of fused-ring (bicyclic) bond motifs is 1. The first-order chi connectivity index (χ1) is 18.6. The van der Waals surface area contributed by atoms with E-state index in [1.807, 2.05) is 37.8 Å². The summed E-state index contributed by atoms with van der Waals surface area (Å²) in [6, 6.07) is 5.40. The number of carbonyl (C=O) groups is 4. The van der Waals surface area contributed by atoms with Crippen LogP contribution in [0.15, 0.2) is 18.2 Å². The Morgan fingerprint density at radius 1 is 1.00 bits per heavy atom. The Morgan fingerprint density at radius 2 is 1.72 bits per heavy atom. The molecule has 1 aromatic carbocycles. The Kier molecular flexibility index (Phi) is 7.84. The summed E-state index contributed by atoms with van der Waals surface area (Å²) in [4.78, 5) is 57.5. The van der Waals surface area contributed by atoms with E-state index in [1.54, 1.807) is 4.90 Å². The largest absolute Gasteiger partial charge is 0.444 e. The lowest BCUT2D eigenvalue weighted by atomic mass is 9.93. The highest BCUT2D eigenvalue weighted by molar-refractivity contribution is 6.05. The maximum Gasteiger partial charge on any atom is 0.410 e. The van der Waals surface area contributed by atoms with Crippen LogP contribution in [0.4, 0.5) is 10.5 Å². The Balaban J connectivity index is 1.07. The third-order valence-corrected chi connectivity index (χ3v) is 8.36. The molecular formula is C29H41N5O5. The van der Waals surface area contributed by atoms with Crippen molar-refractivity contribution in [3.8, 4) is 0 Å². The van der Waals surface area contributed by atoms with Crippen LogP contribution in [-0.2, 0) is 20.9 Å². The van der Waals surface area contributed by atoms with Crippen LogP contribution in [0, 0.1) is 5.92 Å². The van der Waals surface area contributed by atoms with Crippen molar-refractivity contribution >= 4 is 29.5 Å². The van der Waals surface area contributed by atoms with Crippen molar-refractivity contribution in [2.24, 2.45) is 5.92 Å². The Bertz CT molecular complexity index is 1120. The fourth-order valence-corrected chi connectivity index (χ4v) is 6.08. The molecule has 0 aromatic heterocycles. The van der Waals surface area contributed by atoms with E-state index in [4.69, 9.17) is 4.74 Å². The van der Waals surface area contributed by atoms with Crippen LogP contribution in [0.1, 0.15) is 68.8 Å². The number of rotatable bonds is 5. The van der Waals surface area contributed by atoms with Crippen molar-refractivity contribution in [2.45, 2.75) is 71.1 Å². The number of benzene rings is 1. The lowest BCUT2D eigenvalue weighted by molar-refractivity contribution is -0.136. The summed E-state index contributed by atoms with van der Waals surface area (Å²) in [6.07, 6.45) is 3.65. The number of likely N-dealkylation sites (tertiary alicyclic amines) is 1. The van der Waals surface area contributed by atoms with E-state index in [9.17, 15) is 19.2 Å². The quantitative estimate of drug-likeness (QED) is 0.574. The number of nitrogens with one attached hydrogen (secondary N) is 1. The highest BCUT2D eigenvalue weighted by atomic mass is 16.6. The van der Waals surface area contributed by atoms with Crippen molar-refractivity contribution in [1.82, 2.24) is 20.0 Å². The summed E-state index contributed by atoms with van der Waals surface area (Å²) in [7, 11) is 0. The van der Waals surface area contributed by atoms with E-state index in [2.05, 4.69) is 21.2 Å². The zero-order valence-electron chi connectivity index (χ0n) is 23.4. The number of carbonyl (C=O) groups excluding carboxylic acids is 4. The number of imide groups is 1. The van der Waals surface area contributed by atoms with Crippen LogP contribution in [0.5, 0.6) is 0 Å². The van der Waals surface area contributed by atoms with Gasteiger partial charge in [0, 0.05) is 63.5 Å². The third-order valence-electron chi connectivity index (χ3n) is 8.36. The van der Waals surface area contributed by atoms with Gasteiger partial charge in [-0.15, -0.1) is 0 Å². The van der Waals surface area contributed by atoms with Gasteiger partial charge in [0.2, 0.25) is 11.8 Å². The van der Waals surface area contributed by atoms with E-state index in [1.165, 1.54) is 0 Å². The second-order valence-electron chi connectivity index (χ2n) is 12.3. The lowest BCUT2D eigenvalue weighted by Crippen LogP contribution is -2.52. The summed E-state index contributed by atoms with van der Waals surface area (Å²) in [6.45, 7) is 12.6. The molecule has 1 unspecified atom stereocenters. The average molecular weight is 540 g/mol. The SMILES string of the molecule is CC(C)(C)OC(=O)N1CCC(CCN2CCN(c3ccc4c(c3)CN(C3CCC(=O)NC3=O)C4=O)CC2)CC1. The van der Waals surface area contributed by atoms with Crippen LogP contribution in [-0.4, -0.2) is 96.0 Å². The normalized spacial score (nSPS) is 23.2. The second-order valence-corrected chi connectivity index (χ2v) is 12.3. The van der Waals surface area contributed by atoms with Crippen molar-refractivity contribution in [3.05, 3.63) is 29.3 Å². The molecule has 39 heavy (non-hydrogen) atoms. The van der Waals surface area contributed by atoms with Crippen LogP contribution in [0.2, 0.25) is 0 Å². The molecule has 0 saturated carbocycles. The summed E-state index contributed by atoms with van der Waals surface area (Å²) in [5.74, 6) is -0.140. The predicted molar refractivity (Wildman–Crippen MR) is 146 cm³/mol. The molecule has 4 aliphatic heterocycles. The number of hydrogen-bond acceptors (Lipinski definition) is 7. The van der Waals surface area contributed by atoms with Gasteiger partial charge in [0.1, 0.15) is 11.6 Å². The summed E-state index contributed by atoms with van der Waals surface area (Å²) >= 11 is 0. The molecule has 3 fully saturated rings. The number of nitrogens with zero attached hydrogens (tertiary/aromatic N) is 4. The van der Waals surface area contributed by atoms with Gasteiger partial charge in [-0.05, 0) is 82.7 Å². The number of ether oxygens (including phenoxy) is 1. The van der Waals surface area contributed by atoms with Gasteiger partial charge < -0.3 is 19.4 Å². The van der Waals surface area contributed by atoms with Crippen LogP contribution >= 0.6 is 0 Å². The smallest absolute Gasteiger partial charge is 0.410 e. The lowest BCUT2D eigenvalue weighted by Gasteiger charge is -2.38. The Morgan fingerprint density at radius 3 is 2.38 bits per heavy atom.